The zero-order chi connectivity index (χ0) is 14.2. The molecule has 2 atom stereocenters. The number of rotatable bonds is 2. The van der Waals surface area contributed by atoms with Crippen molar-refractivity contribution in [3.05, 3.63) is 14.5 Å². The second-order valence-electron chi connectivity index (χ2n) is 5.40. The van der Waals surface area contributed by atoms with Crippen LogP contribution in [0.5, 0.6) is 0 Å². The molecular formula is C13H21N3OS2. The molecule has 1 aliphatic heterocycles. The van der Waals surface area contributed by atoms with E-state index >= 15 is 0 Å². The number of H-pyrrole nitrogens is 1. The predicted octanol–water partition coefficient (Wildman–Crippen LogP) is 2.21. The lowest BCUT2D eigenvalue weighted by Gasteiger charge is -2.42. The van der Waals surface area contributed by atoms with Crippen LogP contribution in [0.2, 0.25) is 0 Å². The first-order chi connectivity index (χ1) is 8.88. The number of nitrogens with zero attached hydrogens (tertiary/aromatic N) is 2. The van der Waals surface area contributed by atoms with E-state index in [-0.39, 0.29) is 5.91 Å². The van der Waals surface area contributed by atoms with Gasteiger partial charge in [0, 0.05) is 35.7 Å². The number of piperazine rings is 1. The minimum absolute atomic E-state index is 0.208. The Balaban J connectivity index is 2.04. The van der Waals surface area contributed by atoms with Gasteiger partial charge in [0.25, 0.3) is 0 Å². The second kappa shape index (κ2) is 5.73. The lowest BCUT2D eigenvalue weighted by Crippen LogP contribution is -2.56. The van der Waals surface area contributed by atoms with E-state index in [4.69, 9.17) is 12.2 Å². The van der Waals surface area contributed by atoms with E-state index in [1.165, 1.54) is 11.3 Å². The molecule has 106 valence electrons. The van der Waals surface area contributed by atoms with Crippen molar-refractivity contribution in [2.45, 2.75) is 39.3 Å². The average Bonchev–Trinajstić information content (AvgIpc) is 2.64. The summed E-state index contributed by atoms with van der Waals surface area (Å²) in [6, 6.07) is 0.830. The van der Waals surface area contributed by atoms with Gasteiger partial charge in [-0.1, -0.05) is 0 Å². The third-order valence-electron chi connectivity index (χ3n) is 3.95. The molecule has 0 saturated carbocycles. The summed E-state index contributed by atoms with van der Waals surface area (Å²) >= 11 is 6.62. The molecule has 4 nitrogen and oxygen atoms in total. The van der Waals surface area contributed by atoms with Crippen LogP contribution in [-0.4, -0.2) is 52.9 Å². The van der Waals surface area contributed by atoms with Crippen molar-refractivity contribution in [3.8, 4) is 0 Å². The Morgan fingerprint density at radius 3 is 2.47 bits per heavy atom. The summed E-state index contributed by atoms with van der Waals surface area (Å²) < 4.78 is 0.750. The molecule has 2 unspecified atom stereocenters. The van der Waals surface area contributed by atoms with Crippen LogP contribution in [0.4, 0.5) is 0 Å². The summed E-state index contributed by atoms with van der Waals surface area (Å²) in [5.41, 5.74) is 1.03. The standard InChI is InChI=1S/C13H21N3OS2/c1-8-6-16(7-9(2)15(8)4)12(17)5-11-10(3)14-13(18)19-11/h8-9H,5-7H2,1-4H3,(H,14,18). The number of nitrogens with one attached hydrogen (secondary N) is 1. The Labute approximate surface area is 123 Å². The first-order valence-electron chi connectivity index (χ1n) is 6.56. The number of carbonyl (C=O) groups excluding carboxylic acids is 1. The van der Waals surface area contributed by atoms with Gasteiger partial charge in [-0.2, -0.15) is 0 Å². The van der Waals surface area contributed by atoms with Crippen molar-refractivity contribution < 1.29 is 4.79 Å². The average molecular weight is 299 g/mol. The van der Waals surface area contributed by atoms with Crippen molar-refractivity contribution in [3.63, 3.8) is 0 Å². The van der Waals surface area contributed by atoms with E-state index in [1.807, 2.05) is 11.8 Å². The van der Waals surface area contributed by atoms with Crippen molar-refractivity contribution in [2.24, 2.45) is 0 Å². The van der Waals surface area contributed by atoms with Gasteiger partial charge >= 0.3 is 0 Å². The summed E-state index contributed by atoms with van der Waals surface area (Å²) in [6.07, 6.45) is 0.465. The van der Waals surface area contributed by atoms with Gasteiger partial charge in [-0.3, -0.25) is 9.69 Å². The van der Waals surface area contributed by atoms with E-state index in [2.05, 4.69) is 30.8 Å². The fourth-order valence-corrected chi connectivity index (χ4v) is 3.75. The van der Waals surface area contributed by atoms with Crippen LogP contribution in [0, 0.1) is 10.9 Å². The smallest absolute Gasteiger partial charge is 0.228 e. The highest BCUT2D eigenvalue weighted by molar-refractivity contribution is 7.73. The molecule has 1 fully saturated rings. The number of hydrogen-bond donors (Lipinski definition) is 1. The van der Waals surface area contributed by atoms with Crippen molar-refractivity contribution >= 4 is 29.5 Å². The van der Waals surface area contributed by atoms with Gasteiger partial charge in [0.15, 0.2) is 3.95 Å². The highest BCUT2D eigenvalue weighted by atomic mass is 32.1. The molecule has 1 aromatic heterocycles. The van der Waals surface area contributed by atoms with Crippen LogP contribution in [0.1, 0.15) is 24.4 Å². The summed E-state index contributed by atoms with van der Waals surface area (Å²) in [6.45, 7) is 7.94. The number of amides is 1. The summed E-state index contributed by atoms with van der Waals surface area (Å²) in [4.78, 5) is 20.9. The highest BCUT2D eigenvalue weighted by Gasteiger charge is 2.29. The van der Waals surface area contributed by atoms with Crippen LogP contribution in [0.3, 0.4) is 0 Å². The number of aryl methyl sites for hydroxylation is 1. The molecule has 0 bridgehead atoms. The lowest BCUT2D eigenvalue weighted by molar-refractivity contribution is -0.134. The second-order valence-corrected chi connectivity index (χ2v) is 7.17. The Kier molecular flexibility index (Phi) is 4.43. The molecule has 0 spiro atoms. The van der Waals surface area contributed by atoms with E-state index < -0.39 is 0 Å². The van der Waals surface area contributed by atoms with Gasteiger partial charge in [0.1, 0.15) is 0 Å². The maximum absolute atomic E-state index is 12.4. The maximum Gasteiger partial charge on any atom is 0.228 e. The number of aromatic nitrogens is 1. The third-order valence-corrected chi connectivity index (χ3v) is 5.28. The van der Waals surface area contributed by atoms with E-state index in [1.54, 1.807) is 0 Å². The van der Waals surface area contributed by atoms with E-state index in [0.717, 1.165) is 27.6 Å². The molecule has 0 radical (unpaired) electrons. The molecule has 1 aliphatic rings. The van der Waals surface area contributed by atoms with Gasteiger partial charge in [-0.25, -0.2) is 0 Å². The minimum atomic E-state index is 0.208. The van der Waals surface area contributed by atoms with Gasteiger partial charge in [0.05, 0.1) is 6.42 Å². The quantitative estimate of drug-likeness (QED) is 0.851. The molecule has 0 aromatic carbocycles. The molecule has 1 saturated heterocycles. The molecule has 0 aliphatic carbocycles. The topological polar surface area (TPSA) is 39.3 Å². The van der Waals surface area contributed by atoms with E-state index in [9.17, 15) is 4.79 Å². The zero-order valence-corrected chi connectivity index (χ0v) is 13.5. The van der Waals surface area contributed by atoms with Crippen LogP contribution in [0.15, 0.2) is 0 Å². The van der Waals surface area contributed by atoms with Gasteiger partial charge < -0.3 is 9.88 Å². The third kappa shape index (κ3) is 3.24. The molecule has 6 heteroatoms. The van der Waals surface area contributed by atoms with Gasteiger partial charge in [0.2, 0.25) is 5.91 Å². The molecule has 2 heterocycles. The predicted molar refractivity (Wildman–Crippen MR) is 81.2 cm³/mol. The summed E-state index contributed by atoms with van der Waals surface area (Å²) in [7, 11) is 2.12. The first kappa shape index (κ1) is 14.7. The number of aromatic amines is 1. The van der Waals surface area contributed by atoms with Crippen LogP contribution in [0.25, 0.3) is 0 Å². The highest BCUT2D eigenvalue weighted by Crippen LogP contribution is 2.18. The number of thiazole rings is 1. The fraction of sp³-hybridized carbons (Fsp3) is 0.692. The van der Waals surface area contributed by atoms with Gasteiger partial charge in [-0.05, 0) is 40.0 Å². The van der Waals surface area contributed by atoms with Crippen LogP contribution in [-0.2, 0) is 11.2 Å². The monoisotopic (exact) mass is 299 g/mol. The molecular weight excluding hydrogens is 278 g/mol. The molecule has 1 amide bonds. The first-order valence-corrected chi connectivity index (χ1v) is 7.79. The SMILES string of the molecule is Cc1[nH]c(=S)sc1CC(=O)N1CC(C)N(C)C(C)C1. The molecule has 19 heavy (non-hydrogen) atoms. The summed E-state index contributed by atoms with van der Waals surface area (Å²) in [5, 5.41) is 0. The Bertz CT molecular complexity index is 510. The maximum atomic E-state index is 12.4. The van der Waals surface area contributed by atoms with E-state index in [0.29, 0.717) is 18.5 Å². The normalized spacial score (nSPS) is 24.7. The lowest BCUT2D eigenvalue weighted by atomic mass is 10.1. The van der Waals surface area contributed by atoms with Crippen LogP contribution < -0.4 is 0 Å². The van der Waals surface area contributed by atoms with Crippen molar-refractivity contribution in [1.29, 1.82) is 0 Å². The van der Waals surface area contributed by atoms with Crippen molar-refractivity contribution in [1.82, 2.24) is 14.8 Å². The molecule has 2 rings (SSSR count). The number of likely N-dealkylation sites (N-methyl/N-ethyl adjacent to an activating group) is 1. The number of hydrogen-bond acceptors (Lipinski definition) is 4. The minimum Gasteiger partial charge on any atom is -0.341 e. The Hall–Kier alpha value is -0.720. The largest absolute Gasteiger partial charge is 0.341 e. The van der Waals surface area contributed by atoms with Gasteiger partial charge in [-0.15, -0.1) is 11.3 Å². The Morgan fingerprint density at radius 2 is 2.00 bits per heavy atom. The molecule has 1 aromatic rings. The van der Waals surface area contributed by atoms with Crippen molar-refractivity contribution in [2.75, 3.05) is 20.1 Å². The number of carbonyl (C=O) groups is 1. The Morgan fingerprint density at radius 1 is 1.42 bits per heavy atom. The fourth-order valence-electron chi connectivity index (χ4n) is 2.46. The van der Waals surface area contributed by atoms with Crippen LogP contribution >= 0.6 is 23.6 Å². The summed E-state index contributed by atoms with van der Waals surface area (Å²) in [5.74, 6) is 0.208. The zero-order valence-electron chi connectivity index (χ0n) is 11.9. The molecule has 1 N–H and O–H groups in total.